The number of nitriles is 1. The van der Waals surface area contributed by atoms with Crippen LogP contribution in [-0.4, -0.2) is 13.2 Å². The molecule has 1 aromatic rings. The Morgan fingerprint density at radius 2 is 1.67 bits per heavy atom. The van der Waals surface area contributed by atoms with E-state index in [2.05, 4.69) is 0 Å². The first kappa shape index (κ1) is 13.4. The summed E-state index contributed by atoms with van der Waals surface area (Å²) in [4.78, 5) is 0.190. The summed E-state index contributed by atoms with van der Waals surface area (Å²) >= 11 is 5.76. The van der Waals surface area contributed by atoms with Crippen molar-refractivity contribution in [2.45, 2.75) is 41.7 Å². The molecule has 96 valence electrons. The molecule has 0 atom stereocenters. The number of rotatable bonds is 2. The SMILES string of the molecule is N#CC1(S(=O)(=O)c2ccc(Cl)cc2)CCCCC1. The number of hydrogen-bond acceptors (Lipinski definition) is 3. The van der Waals surface area contributed by atoms with Gasteiger partial charge in [-0.25, -0.2) is 8.42 Å². The Kier molecular flexibility index (Phi) is 3.65. The largest absolute Gasteiger partial charge is 0.222 e. The van der Waals surface area contributed by atoms with E-state index < -0.39 is 14.6 Å². The minimum Gasteiger partial charge on any atom is -0.222 e. The second-order valence-corrected chi connectivity index (χ2v) is 7.32. The lowest BCUT2D eigenvalue weighted by atomic mass is 9.89. The number of sulfone groups is 1. The van der Waals surface area contributed by atoms with Gasteiger partial charge in [-0.2, -0.15) is 5.26 Å². The zero-order chi connectivity index (χ0) is 13.2. The molecule has 0 saturated heterocycles. The van der Waals surface area contributed by atoms with E-state index in [1.54, 1.807) is 12.1 Å². The van der Waals surface area contributed by atoms with E-state index in [0.29, 0.717) is 17.9 Å². The molecule has 0 radical (unpaired) electrons. The fourth-order valence-corrected chi connectivity index (χ4v) is 4.42. The predicted octanol–water partition coefficient (Wildman–Crippen LogP) is 3.34. The Balaban J connectivity index is 2.47. The van der Waals surface area contributed by atoms with Crippen molar-refractivity contribution in [3.8, 4) is 6.07 Å². The minimum atomic E-state index is -3.61. The van der Waals surface area contributed by atoms with Gasteiger partial charge in [0.2, 0.25) is 0 Å². The molecule has 0 spiro atoms. The van der Waals surface area contributed by atoms with Crippen LogP contribution < -0.4 is 0 Å². The van der Waals surface area contributed by atoms with Crippen molar-refractivity contribution in [3.05, 3.63) is 29.3 Å². The van der Waals surface area contributed by atoms with Crippen molar-refractivity contribution in [2.75, 3.05) is 0 Å². The van der Waals surface area contributed by atoms with E-state index in [1.807, 2.05) is 6.07 Å². The van der Waals surface area contributed by atoms with Gasteiger partial charge in [0, 0.05) is 5.02 Å². The molecule has 2 rings (SSSR count). The summed E-state index contributed by atoms with van der Waals surface area (Å²) in [6.45, 7) is 0. The minimum absolute atomic E-state index is 0.190. The van der Waals surface area contributed by atoms with Crippen molar-refractivity contribution in [1.82, 2.24) is 0 Å². The van der Waals surface area contributed by atoms with Crippen LogP contribution in [0.3, 0.4) is 0 Å². The lowest BCUT2D eigenvalue weighted by molar-refractivity contribution is 0.430. The van der Waals surface area contributed by atoms with Crippen LogP contribution in [0.25, 0.3) is 0 Å². The fraction of sp³-hybridized carbons (Fsp3) is 0.462. The van der Waals surface area contributed by atoms with Gasteiger partial charge in [0.05, 0.1) is 11.0 Å². The molecular weight excluding hydrogens is 270 g/mol. The highest BCUT2D eigenvalue weighted by Gasteiger charge is 2.45. The van der Waals surface area contributed by atoms with Gasteiger partial charge in [-0.05, 0) is 37.1 Å². The second-order valence-electron chi connectivity index (χ2n) is 4.62. The monoisotopic (exact) mass is 283 g/mol. The molecule has 0 heterocycles. The Bertz CT molecular complexity index is 566. The molecule has 5 heteroatoms. The molecule has 3 nitrogen and oxygen atoms in total. The molecule has 1 saturated carbocycles. The number of benzene rings is 1. The summed E-state index contributed by atoms with van der Waals surface area (Å²) in [6.07, 6.45) is 3.43. The standard InChI is InChI=1S/C13H14ClNO2S/c14-11-4-6-12(7-5-11)18(16,17)13(10-15)8-2-1-3-9-13/h4-7H,1-3,8-9H2. The van der Waals surface area contributed by atoms with Gasteiger partial charge in [0.1, 0.15) is 0 Å². The summed E-state index contributed by atoms with van der Waals surface area (Å²) in [5.74, 6) is 0. The Labute approximate surface area is 112 Å². The van der Waals surface area contributed by atoms with E-state index in [4.69, 9.17) is 11.6 Å². The van der Waals surface area contributed by atoms with Crippen LogP contribution in [0.1, 0.15) is 32.1 Å². The van der Waals surface area contributed by atoms with Crippen LogP contribution >= 0.6 is 11.6 Å². The van der Waals surface area contributed by atoms with Crippen molar-refractivity contribution in [1.29, 1.82) is 5.26 Å². The van der Waals surface area contributed by atoms with Gasteiger partial charge in [0.25, 0.3) is 0 Å². The third-order valence-electron chi connectivity index (χ3n) is 3.50. The van der Waals surface area contributed by atoms with E-state index in [1.165, 1.54) is 12.1 Å². The van der Waals surface area contributed by atoms with Crippen molar-refractivity contribution >= 4 is 21.4 Å². The Morgan fingerprint density at radius 3 is 2.17 bits per heavy atom. The maximum absolute atomic E-state index is 12.6. The zero-order valence-electron chi connectivity index (χ0n) is 9.89. The van der Waals surface area contributed by atoms with Gasteiger partial charge in [-0.15, -0.1) is 0 Å². The number of hydrogen-bond donors (Lipinski definition) is 0. The first-order chi connectivity index (χ1) is 8.52. The molecule has 1 aliphatic carbocycles. The second kappa shape index (κ2) is 4.91. The molecule has 0 unspecified atom stereocenters. The first-order valence-electron chi connectivity index (χ1n) is 5.93. The van der Waals surface area contributed by atoms with Crippen LogP contribution in [0.2, 0.25) is 5.02 Å². The highest BCUT2D eigenvalue weighted by molar-refractivity contribution is 7.93. The Morgan fingerprint density at radius 1 is 1.11 bits per heavy atom. The summed E-state index contributed by atoms with van der Waals surface area (Å²) in [7, 11) is -3.61. The molecule has 0 amide bonds. The third-order valence-corrected chi connectivity index (χ3v) is 6.18. The molecule has 1 fully saturated rings. The summed E-state index contributed by atoms with van der Waals surface area (Å²) in [5.41, 5.74) is 0. The normalized spacial score (nSPS) is 19.1. The first-order valence-corrected chi connectivity index (χ1v) is 7.79. The summed E-state index contributed by atoms with van der Waals surface area (Å²) in [6, 6.07) is 8.09. The fourth-order valence-electron chi connectivity index (χ4n) is 2.40. The van der Waals surface area contributed by atoms with E-state index in [9.17, 15) is 13.7 Å². The van der Waals surface area contributed by atoms with E-state index in [0.717, 1.165) is 19.3 Å². The van der Waals surface area contributed by atoms with Gasteiger partial charge in [-0.3, -0.25) is 0 Å². The van der Waals surface area contributed by atoms with Crippen molar-refractivity contribution in [2.24, 2.45) is 0 Å². The molecule has 0 N–H and O–H groups in total. The zero-order valence-corrected chi connectivity index (χ0v) is 11.5. The predicted molar refractivity (Wildman–Crippen MR) is 70.1 cm³/mol. The van der Waals surface area contributed by atoms with Crippen LogP contribution in [0.4, 0.5) is 0 Å². The lowest BCUT2D eigenvalue weighted by Crippen LogP contribution is -2.39. The summed E-state index contributed by atoms with van der Waals surface area (Å²) < 4.78 is 23.9. The summed E-state index contributed by atoms with van der Waals surface area (Å²) in [5, 5.41) is 9.83. The molecule has 1 aliphatic rings. The highest BCUT2D eigenvalue weighted by Crippen LogP contribution is 2.38. The van der Waals surface area contributed by atoms with Crippen LogP contribution in [-0.2, 0) is 9.84 Å². The van der Waals surface area contributed by atoms with Gasteiger partial charge in [0.15, 0.2) is 14.6 Å². The van der Waals surface area contributed by atoms with Crippen LogP contribution in [0, 0.1) is 11.3 Å². The van der Waals surface area contributed by atoms with Gasteiger partial charge in [-0.1, -0.05) is 30.9 Å². The molecular formula is C13H14ClNO2S. The smallest absolute Gasteiger partial charge is 0.197 e. The molecule has 0 aliphatic heterocycles. The highest BCUT2D eigenvalue weighted by atomic mass is 35.5. The maximum Gasteiger partial charge on any atom is 0.197 e. The van der Waals surface area contributed by atoms with Crippen LogP contribution in [0.5, 0.6) is 0 Å². The average molecular weight is 284 g/mol. The molecule has 0 bridgehead atoms. The van der Waals surface area contributed by atoms with Crippen molar-refractivity contribution in [3.63, 3.8) is 0 Å². The third kappa shape index (κ3) is 2.13. The lowest BCUT2D eigenvalue weighted by Gasteiger charge is -2.30. The number of nitrogens with zero attached hydrogens (tertiary/aromatic N) is 1. The maximum atomic E-state index is 12.6. The molecule has 18 heavy (non-hydrogen) atoms. The molecule has 1 aromatic carbocycles. The Hall–Kier alpha value is -1.05. The van der Waals surface area contributed by atoms with Gasteiger partial charge >= 0.3 is 0 Å². The number of halogens is 1. The molecule has 0 aromatic heterocycles. The topological polar surface area (TPSA) is 57.9 Å². The van der Waals surface area contributed by atoms with Crippen LogP contribution in [0.15, 0.2) is 29.2 Å². The van der Waals surface area contributed by atoms with Crippen molar-refractivity contribution < 1.29 is 8.42 Å². The average Bonchev–Trinajstić information content (AvgIpc) is 2.40. The van der Waals surface area contributed by atoms with Gasteiger partial charge < -0.3 is 0 Å². The van der Waals surface area contributed by atoms with E-state index in [-0.39, 0.29) is 4.90 Å². The quantitative estimate of drug-likeness (QED) is 0.836. The van der Waals surface area contributed by atoms with E-state index >= 15 is 0 Å².